The van der Waals surface area contributed by atoms with E-state index in [2.05, 4.69) is 5.32 Å². The standard InChI is InChI=1S/C14H19NO3S/c1-4-5-6-19-10-14(16)15-11-7-12(17-2)9-13(8-11)18-3/h4-5,7-9H,6,10H2,1-3H3,(H,15,16)/b5-4+. The Morgan fingerprint density at radius 3 is 2.42 bits per heavy atom. The van der Waals surface area contributed by atoms with Gasteiger partial charge in [0.1, 0.15) is 11.5 Å². The molecule has 0 aliphatic rings. The third kappa shape index (κ3) is 5.70. The van der Waals surface area contributed by atoms with Crippen molar-refractivity contribution in [2.24, 2.45) is 0 Å². The van der Waals surface area contributed by atoms with Crippen LogP contribution < -0.4 is 14.8 Å². The van der Waals surface area contributed by atoms with Gasteiger partial charge in [0, 0.05) is 29.6 Å². The summed E-state index contributed by atoms with van der Waals surface area (Å²) in [4.78, 5) is 11.7. The molecule has 0 unspecified atom stereocenters. The van der Waals surface area contributed by atoms with Crippen molar-refractivity contribution in [3.8, 4) is 11.5 Å². The molecule has 4 nitrogen and oxygen atoms in total. The van der Waals surface area contributed by atoms with E-state index in [0.717, 1.165) is 5.75 Å². The van der Waals surface area contributed by atoms with Gasteiger partial charge in [-0.2, -0.15) is 0 Å². The van der Waals surface area contributed by atoms with Gasteiger partial charge in [0.25, 0.3) is 0 Å². The number of carbonyl (C=O) groups excluding carboxylic acids is 1. The van der Waals surface area contributed by atoms with Gasteiger partial charge in [0.05, 0.1) is 20.0 Å². The number of ether oxygens (including phenoxy) is 2. The molecule has 0 heterocycles. The molecule has 0 radical (unpaired) electrons. The lowest BCUT2D eigenvalue weighted by atomic mass is 10.2. The van der Waals surface area contributed by atoms with E-state index in [9.17, 15) is 4.79 Å². The zero-order valence-corrected chi connectivity index (χ0v) is 12.3. The van der Waals surface area contributed by atoms with Gasteiger partial charge in [-0.3, -0.25) is 4.79 Å². The van der Waals surface area contributed by atoms with E-state index in [0.29, 0.717) is 22.9 Å². The van der Waals surface area contributed by atoms with Crippen molar-refractivity contribution in [3.05, 3.63) is 30.4 Å². The van der Waals surface area contributed by atoms with Gasteiger partial charge >= 0.3 is 0 Å². The van der Waals surface area contributed by atoms with E-state index >= 15 is 0 Å². The Balaban J connectivity index is 2.57. The molecule has 0 saturated heterocycles. The normalized spacial score (nSPS) is 10.5. The fourth-order valence-corrected chi connectivity index (χ4v) is 2.10. The Kier molecular flexibility index (Phi) is 6.89. The number of rotatable bonds is 7. The van der Waals surface area contributed by atoms with Gasteiger partial charge < -0.3 is 14.8 Å². The monoisotopic (exact) mass is 281 g/mol. The number of nitrogens with one attached hydrogen (secondary N) is 1. The highest BCUT2D eigenvalue weighted by atomic mass is 32.2. The number of benzene rings is 1. The first kappa shape index (κ1) is 15.4. The van der Waals surface area contributed by atoms with Crippen LogP contribution in [0.5, 0.6) is 11.5 Å². The molecule has 1 amide bonds. The van der Waals surface area contributed by atoms with Crippen LogP contribution in [-0.2, 0) is 4.79 Å². The van der Waals surface area contributed by atoms with E-state index < -0.39 is 0 Å². The Bertz CT molecular complexity index is 424. The van der Waals surface area contributed by atoms with Crippen LogP contribution in [0.3, 0.4) is 0 Å². The second-order valence-corrected chi connectivity index (χ2v) is 4.76. The van der Waals surface area contributed by atoms with Crippen LogP contribution in [0, 0.1) is 0 Å². The Morgan fingerprint density at radius 1 is 1.26 bits per heavy atom. The van der Waals surface area contributed by atoms with Gasteiger partial charge in [-0.1, -0.05) is 12.2 Å². The summed E-state index contributed by atoms with van der Waals surface area (Å²) in [6, 6.07) is 5.28. The molecular formula is C14H19NO3S. The summed E-state index contributed by atoms with van der Waals surface area (Å²) in [6.45, 7) is 1.96. The molecule has 1 aromatic carbocycles. The lowest BCUT2D eigenvalue weighted by Crippen LogP contribution is -2.14. The molecular weight excluding hydrogens is 262 g/mol. The predicted molar refractivity (Wildman–Crippen MR) is 80.3 cm³/mol. The maximum Gasteiger partial charge on any atom is 0.234 e. The summed E-state index contributed by atoms with van der Waals surface area (Å²) in [5.41, 5.74) is 0.674. The van der Waals surface area contributed by atoms with Gasteiger partial charge in [-0.05, 0) is 6.92 Å². The number of thioether (sulfide) groups is 1. The topological polar surface area (TPSA) is 47.6 Å². The average Bonchev–Trinajstić information content (AvgIpc) is 2.43. The Morgan fingerprint density at radius 2 is 1.89 bits per heavy atom. The van der Waals surface area contributed by atoms with Crippen molar-refractivity contribution in [1.82, 2.24) is 0 Å². The van der Waals surface area contributed by atoms with Crippen molar-refractivity contribution in [2.45, 2.75) is 6.92 Å². The van der Waals surface area contributed by atoms with E-state index in [1.54, 1.807) is 44.2 Å². The predicted octanol–water partition coefficient (Wildman–Crippen LogP) is 2.95. The first-order valence-corrected chi connectivity index (χ1v) is 7.07. The SMILES string of the molecule is C/C=C/CSCC(=O)Nc1cc(OC)cc(OC)c1. The molecule has 1 N–H and O–H groups in total. The van der Waals surface area contributed by atoms with Crippen LogP contribution in [-0.4, -0.2) is 31.6 Å². The van der Waals surface area contributed by atoms with Crippen molar-refractivity contribution < 1.29 is 14.3 Å². The average molecular weight is 281 g/mol. The van der Waals surface area contributed by atoms with Gasteiger partial charge in [-0.25, -0.2) is 0 Å². The fraction of sp³-hybridized carbons (Fsp3) is 0.357. The Hall–Kier alpha value is -1.62. The second-order valence-electron chi connectivity index (χ2n) is 3.73. The van der Waals surface area contributed by atoms with Crippen LogP contribution in [0.1, 0.15) is 6.92 Å². The van der Waals surface area contributed by atoms with Gasteiger partial charge in [0.2, 0.25) is 5.91 Å². The minimum atomic E-state index is -0.0372. The smallest absolute Gasteiger partial charge is 0.234 e. The number of hydrogen-bond donors (Lipinski definition) is 1. The molecule has 0 aliphatic heterocycles. The highest BCUT2D eigenvalue weighted by Gasteiger charge is 2.05. The molecule has 1 rings (SSSR count). The molecule has 19 heavy (non-hydrogen) atoms. The number of methoxy groups -OCH3 is 2. The van der Waals surface area contributed by atoms with Gasteiger partial charge in [0.15, 0.2) is 0 Å². The van der Waals surface area contributed by atoms with Crippen LogP contribution in [0.4, 0.5) is 5.69 Å². The minimum absolute atomic E-state index is 0.0372. The molecule has 0 aliphatic carbocycles. The van der Waals surface area contributed by atoms with Crippen molar-refractivity contribution >= 4 is 23.4 Å². The van der Waals surface area contributed by atoms with Crippen LogP contribution in [0.15, 0.2) is 30.4 Å². The molecule has 0 saturated carbocycles. The third-order valence-corrected chi connectivity index (χ3v) is 3.21. The van der Waals surface area contributed by atoms with Gasteiger partial charge in [-0.15, -0.1) is 11.8 Å². The summed E-state index contributed by atoms with van der Waals surface area (Å²) in [7, 11) is 3.15. The zero-order chi connectivity index (χ0) is 14.1. The number of allylic oxidation sites excluding steroid dienone is 1. The van der Waals surface area contributed by atoms with Crippen LogP contribution >= 0.6 is 11.8 Å². The summed E-state index contributed by atoms with van der Waals surface area (Å²) < 4.78 is 10.3. The second kappa shape index (κ2) is 8.48. The third-order valence-electron chi connectivity index (χ3n) is 2.32. The van der Waals surface area contributed by atoms with E-state index in [-0.39, 0.29) is 5.91 Å². The number of carbonyl (C=O) groups is 1. The summed E-state index contributed by atoms with van der Waals surface area (Å²) >= 11 is 1.56. The molecule has 1 aromatic rings. The van der Waals surface area contributed by atoms with E-state index in [4.69, 9.17) is 9.47 Å². The minimum Gasteiger partial charge on any atom is -0.497 e. The number of anilines is 1. The highest BCUT2D eigenvalue weighted by Crippen LogP contribution is 2.25. The molecule has 0 spiro atoms. The molecule has 0 atom stereocenters. The summed E-state index contributed by atoms with van der Waals surface area (Å²) in [5, 5.41) is 2.82. The maximum absolute atomic E-state index is 11.7. The molecule has 5 heteroatoms. The lowest BCUT2D eigenvalue weighted by molar-refractivity contribution is -0.113. The number of amides is 1. The first-order chi connectivity index (χ1) is 9.19. The van der Waals surface area contributed by atoms with E-state index in [1.807, 2.05) is 19.1 Å². The highest BCUT2D eigenvalue weighted by molar-refractivity contribution is 8.00. The molecule has 0 bridgehead atoms. The molecule has 0 aromatic heterocycles. The van der Waals surface area contributed by atoms with Crippen LogP contribution in [0.25, 0.3) is 0 Å². The van der Waals surface area contributed by atoms with Crippen molar-refractivity contribution in [1.29, 1.82) is 0 Å². The largest absolute Gasteiger partial charge is 0.497 e. The molecule has 104 valence electrons. The van der Waals surface area contributed by atoms with Crippen LogP contribution in [0.2, 0.25) is 0 Å². The zero-order valence-electron chi connectivity index (χ0n) is 11.4. The van der Waals surface area contributed by atoms with Crippen molar-refractivity contribution in [2.75, 3.05) is 31.0 Å². The molecule has 0 fully saturated rings. The van der Waals surface area contributed by atoms with Crippen molar-refractivity contribution in [3.63, 3.8) is 0 Å². The summed E-state index contributed by atoms with van der Waals surface area (Å²) in [5.74, 6) is 2.52. The lowest BCUT2D eigenvalue weighted by Gasteiger charge is -2.09. The number of hydrogen-bond acceptors (Lipinski definition) is 4. The van der Waals surface area contributed by atoms with E-state index in [1.165, 1.54) is 0 Å². The first-order valence-electron chi connectivity index (χ1n) is 5.91. The Labute approximate surface area is 118 Å². The summed E-state index contributed by atoms with van der Waals surface area (Å²) in [6.07, 6.45) is 3.99. The quantitative estimate of drug-likeness (QED) is 0.616. The fourth-order valence-electron chi connectivity index (χ4n) is 1.39. The maximum atomic E-state index is 11.7.